The van der Waals surface area contributed by atoms with E-state index in [1.165, 1.54) is 32.1 Å². The van der Waals surface area contributed by atoms with Gasteiger partial charge in [0.15, 0.2) is 5.79 Å². The van der Waals surface area contributed by atoms with E-state index >= 15 is 0 Å². The van der Waals surface area contributed by atoms with Gasteiger partial charge in [-0.25, -0.2) is 0 Å². The minimum absolute atomic E-state index is 0.254. The maximum absolute atomic E-state index is 6.01. The Morgan fingerprint density at radius 1 is 1.00 bits per heavy atom. The monoisotopic (exact) mass is 254 g/mol. The molecule has 0 spiro atoms. The molecule has 0 unspecified atom stereocenters. The molecule has 1 aliphatic heterocycles. The van der Waals surface area contributed by atoms with Crippen molar-refractivity contribution >= 4 is 0 Å². The van der Waals surface area contributed by atoms with Gasteiger partial charge in [-0.3, -0.25) is 0 Å². The number of unbranched alkanes of at least 4 members (excludes halogenated alkanes) is 4. The first-order valence-electron chi connectivity index (χ1n) is 7.55. The van der Waals surface area contributed by atoms with Crippen molar-refractivity contribution in [1.82, 2.24) is 0 Å². The lowest BCUT2D eigenvalue weighted by molar-refractivity contribution is -0.147. The van der Waals surface area contributed by atoms with Crippen LogP contribution in [0.1, 0.15) is 72.1 Å². The molecule has 1 fully saturated rings. The Morgan fingerprint density at radius 2 is 1.61 bits per heavy atom. The van der Waals surface area contributed by atoms with E-state index in [0.717, 1.165) is 19.3 Å². The van der Waals surface area contributed by atoms with E-state index in [0.29, 0.717) is 0 Å². The first kappa shape index (κ1) is 15.7. The average Bonchev–Trinajstić information content (AvgIpc) is 2.61. The zero-order valence-corrected chi connectivity index (χ0v) is 12.4. The minimum Gasteiger partial charge on any atom is -0.345 e. The summed E-state index contributed by atoms with van der Waals surface area (Å²) >= 11 is 0. The number of hydrogen-bond donors (Lipinski definition) is 0. The maximum Gasteiger partial charge on any atom is 0.163 e. The van der Waals surface area contributed by atoms with Crippen molar-refractivity contribution in [3.05, 3.63) is 12.7 Å². The highest BCUT2D eigenvalue weighted by atomic mass is 16.7. The van der Waals surface area contributed by atoms with Crippen molar-refractivity contribution in [3.8, 4) is 0 Å². The standard InChI is InChI=1S/C16H30O2/c1-5-7-9-10-11-13-15-14(12-8-6-2)17-16(3,4)18-15/h6,14-15H,2,5,7-13H2,1,3-4H3/t14-,15-/m1/s1. The molecule has 0 saturated carbocycles. The van der Waals surface area contributed by atoms with Gasteiger partial charge in [-0.2, -0.15) is 0 Å². The molecule has 106 valence electrons. The molecular formula is C16H30O2. The zero-order chi connectivity index (χ0) is 13.4. The Morgan fingerprint density at radius 3 is 2.22 bits per heavy atom. The number of rotatable bonds is 9. The summed E-state index contributed by atoms with van der Waals surface area (Å²) in [6.45, 7) is 10.1. The Hall–Kier alpha value is -0.340. The van der Waals surface area contributed by atoms with Crippen molar-refractivity contribution in [2.45, 2.75) is 90.1 Å². The van der Waals surface area contributed by atoms with Gasteiger partial charge in [0.2, 0.25) is 0 Å². The normalized spacial score (nSPS) is 26.4. The Balaban J connectivity index is 2.28. The summed E-state index contributed by atoms with van der Waals surface area (Å²) < 4.78 is 12.0. The van der Waals surface area contributed by atoms with Gasteiger partial charge in [-0.05, 0) is 33.1 Å². The molecule has 18 heavy (non-hydrogen) atoms. The smallest absolute Gasteiger partial charge is 0.163 e. The Kier molecular flexibility index (Phi) is 6.95. The summed E-state index contributed by atoms with van der Waals surface area (Å²) in [4.78, 5) is 0. The number of allylic oxidation sites excluding steroid dienone is 1. The second kappa shape index (κ2) is 7.96. The van der Waals surface area contributed by atoms with E-state index in [9.17, 15) is 0 Å². The molecule has 0 aromatic carbocycles. The van der Waals surface area contributed by atoms with Gasteiger partial charge in [-0.1, -0.05) is 45.1 Å². The quantitative estimate of drug-likeness (QED) is 0.433. The summed E-state index contributed by atoms with van der Waals surface area (Å²) in [6, 6.07) is 0. The van der Waals surface area contributed by atoms with Crippen molar-refractivity contribution in [2.24, 2.45) is 0 Å². The molecule has 1 rings (SSSR count). The van der Waals surface area contributed by atoms with Gasteiger partial charge in [0.1, 0.15) is 0 Å². The van der Waals surface area contributed by atoms with E-state index < -0.39 is 5.79 Å². The zero-order valence-electron chi connectivity index (χ0n) is 12.4. The number of hydrogen-bond acceptors (Lipinski definition) is 2. The summed E-state index contributed by atoms with van der Waals surface area (Å²) in [5.41, 5.74) is 0. The Labute approximate surface area is 113 Å². The maximum atomic E-state index is 6.01. The molecule has 0 aliphatic carbocycles. The molecule has 0 bridgehead atoms. The Bertz CT molecular complexity index is 235. The van der Waals surface area contributed by atoms with E-state index in [1.807, 2.05) is 19.9 Å². The highest BCUT2D eigenvalue weighted by Crippen LogP contribution is 2.33. The molecule has 0 amide bonds. The van der Waals surface area contributed by atoms with E-state index in [-0.39, 0.29) is 12.2 Å². The number of ether oxygens (including phenoxy) is 2. The van der Waals surface area contributed by atoms with Gasteiger partial charge >= 0.3 is 0 Å². The summed E-state index contributed by atoms with van der Waals surface area (Å²) in [5.74, 6) is -0.403. The molecule has 0 N–H and O–H groups in total. The van der Waals surface area contributed by atoms with Crippen LogP contribution >= 0.6 is 0 Å². The summed E-state index contributed by atoms with van der Waals surface area (Å²) in [7, 11) is 0. The third-order valence-corrected chi connectivity index (χ3v) is 3.53. The van der Waals surface area contributed by atoms with Crippen molar-refractivity contribution in [3.63, 3.8) is 0 Å². The fourth-order valence-corrected chi connectivity index (χ4v) is 2.63. The largest absolute Gasteiger partial charge is 0.345 e. The molecule has 2 nitrogen and oxygen atoms in total. The van der Waals surface area contributed by atoms with Gasteiger partial charge in [-0.15, -0.1) is 6.58 Å². The average molecular weight is 254 g/mol. The molecule has 0 aromatic rings. The topological polar surface area (TPSA) is 18.5 Å². The van der Waals surface area contributed by atoms with Crippen LogP contribution in [0.15, 0.2) is 12.7 Å². The molecule has 2 heteroatoms. The van der Waals surface area contributed by atoms with Crippen LogP contribution in [0.4, 0.5) is 0 Å². The third-order valence-electron chi connectivity index (χ3n) is 3.53. The molecule has 1 saturated heterocycles. The van der Waals surface area contributed by atoms with Crippen molar-refractivity contribution in [2.75, 3.05) is 0 Å². The lowest BCUT2D eigenvalue weighted by Gasteiger charge is -2.16. The van der Waals surface area contributed by atoms with Gasteiger partial charge in [0.05, 0.1) is 12.2 Å². The lowest BCUT2D eigenvalue weighted by Crippen LogP contribution is -2.22. The highest BCUT2D eigenvalue weighted by molar-refractivity contribution is 4.83. The van der Waals surface area contributed by atoms with Crippen LogP contribution in [0, 0.1) is 0 Å². The molecule has 2 atom stereocenters. The van der Waals surface area contributed by atoms with Crippen molar-refractivity contribution < 1.29 is 9.47 Å². The van der Waals surface area contributed by atoms with Crippen LogP contribution in [-0.4, -0.2) is 18.0 Å². The van der Waals surface area contributed by atoms with Crippen LogP contribution in [0.2, 0.25) is 0 Å². The molecule has 1 heterocycles. The second-order valence-corrected chi connectivity index (χ2v) is 5.78. The molecular weight excluding hydrogens is 224 g/mol. The SMILES string of the molecule is C=CCC[C@H]1OC(C)(C)O[C@@H]1CCCCCCC. The van der Waals surface area contributed by atoms with E-state index in [1.54, 1.807) is 0 Å². The third kappa shape index (κ3) is 5.53. The van der Waals surface area contributed by atoms with Crippen molar-refractivity contribution in [1.29, 1.82) is 0 Å². The predicted octanol–water partition coefficient (Wildman–Crippen LogP) is 4.83. The highest BCUT2D eigenvalue weighted by Gasteiger charge is 2.39. The molecule has 1 aliphatic rings. The van der Waals surface area contributed by atoms with Gasteiger partial charge in [0.25, 0.3) is 0 Å². The minimum atomic E-state index is -0.403. The van der Waals surface area contributed by atoms with Crippen LogP contribution in [-0.2, 0) is 9.47 Å². The van der Waals surface area contributed by atoms with Crippen LogP contribution in [0.5, 0.6) is 0 Å². The molecule has 0 aromatic heterocycles. The van der Waals surface area contributed by atoms with Gasteiger partial charge < -0.3 is 9.47 Å². The summed E-state index contributed by atoms with van der Waals surface area (Å²) in [5, 5.41) is 0. The van der Waals surface area contributed by atoms with Crippen LogP contribution < -0.4 is 0 Å². The summed E-state index contributed by atoms with van der Waals surface area (Å²) in [6.07, 6.45) is 12.3. The first-order valence-corrected chi connectivity index (χ1v) is 7.55. The first-order chi connectivity index (χ1) is 8.59. The van der Waals surface area contributed by atoms with Gasteiger partial charge in [0, 0.05) is 0 Å². The fraction of sp³-hybridized carbons (Fsp3) is 0.875. The fourth-order valence-electron chi connectivity index (χ4n) is 2.63. The second-order valence-electron chi connectivity index (χ2n) is 5.78. The van der Waals surface area contributed by atoms with E-state index in [2.05, 4.69) is 13.5 Å². The van der Waals surface area contributed by atoms with Crippen LogP contribution in [0.25, 0.3) is 0 Å². The van der Waals surface area contributed by atoms with Crippen LogP contribution in [0.3, 0.4) is 0 Å². The predicted molar refractivity (Wildman–Crippen MR) is 76.6 cm³/mol. The van der Waals surface area contributed by atoms with E-state index in [4.69, 9.17) is 9.47 Å². The molecule has 0 radical (unpaired) electrons. The lowest BCUT2D eigenvalue weighted by atomic mass is 10.0.